The molecule has 1 heterocycles. The van der Waals surface area contributed by atoms with Crippen LogP contribution in [0.2, 0.25) is 0 Å². The van der Waals surface area contributed by atoms with Gasteiger partial charge in [-0.2, -0.15) is 0 Å². The summed E-state index contributed by atoms with van der Waals surface area (Å²) in [5, 5.41) is 7.31. The Morgan fingerprint density at radius 3 is 3.00 bits per heavy atom. The average molecular weight is 230 g/mol. The normalized spacial score (nSPS) is 28.0. The minimum atomic E-state index is 0.586. The standard InChI is InChI=1S/C15H22N2/c1-2-8-14-12(5-1)6-3-9-15(14)17-11-13-7-4-10-16-13/h1-2,5,8,13,15-17H,3-4,6-7,9-11H2. The Morgan fingerprint density at radius 2 is 2.12 bits per heavy atom. The lowest BCUT2D eigenvalue weighted by molar-refractivity contribution is 0.426. The number of aryl methyl sites for hydroxylation is 1. The van der Waals surface area contributed by atoms with Crippen molar-refractivity contribution in [3.63, 3.8) is 0 Å². The van der Waals surface area contributed by atoms with E-state index in [1.54, 1.807) is 5.56 Å². The van der Waals surface area contributed by atoms with Crippen molar-refractivity contribution in [2.45, 2.75) is 44.2 Å². The highest BCUT2D eigenvalue weighted by atomic mass is 15.0. The maximum absolute atomic E-state index is 3.76. The molecular weight excluding hydrogens is 208 g/mol. The third-order valence-corrected chi connectivity index (χ3v) is 4.14. The summed E-state index contributed by atoms with van der Waals surface area (Å²) < 4.78 is 0. The molecule has 1 aliphatic carbocycles. The van der Waals surface area contributed by atoms with Crippen LogP contribution in [0, 0.1) is 0 Å². The molecule has 1 aliphatic heterocycles. The first-order valence-corrected chi connectivity index (χ1v) is 6.98. The number of nitrogens with one attached hydrogen (secondary N) is 2. The zero-order chi connectivity index (χ0) is 11.5. The van der Waals surface area contributed by atoms with Crippen molar-refractivity contribution in [1.82, 2.24) is 10.6 Å². The molecular formula is C15H22N2. The summed E-state index contributed by atoms with van der Waals surface area (Å²) in [5.74, 6) is 0. The Bertz CT molecular complexity index is 369. The molecule has 2 unspecified atom stereocenters. The predicted octanol–water partition coefficient (Wildman–Crippen LogP) is 2.41. The molecule has 2 aliphatic rings. The Kier molecular flexibility index (Phi) is 3.44. The molecule has 1 aromatic rings. The van der Waals surface area contributed by atoms with Crippen molar-refractivity contribution in [3.8, 4) is 0 Å². The molecule has 2 nitrogen and oxygen atoms in total. The van der Waals surface area contributed by atoms with E-state index in [1.165, 1.54) is 44.2 Å². The van der Waals surface area contributed by atoms with Crippen molar-refractivity contribution < 1.29 is 0 Å². The van der Waals surface area contributed by atoms with Crippen LogP contribution in [-0.4, -0.2) is 19.1 Å². The van der Waals surface area contributed by atoms with E-state index in [4.69, 9.17) is 0 Å². The van der Waals surface area contributed by atoms with Crippen LogP contribution in [0.4, 0.5) is 0 Å². The minimum Gasteiger partial charge on any atom is -0.313 e. The summed E-state index contributed by atoms with van der Waals surface area (Å²) in [6, 6.07) is 10.2. The van der Waals surface area contributed by atoms with Gasteiger partial charge >= 0.3 is 0 Å². The third kappa shape index (κ3) is 2.53. The Balaban J connectivity index is 1.64. The van der Waals surface area contributed by atoms with E-state index >= 15 is 0 Å². The number of fused-ring (bicyclic) bond motifs is 1. The molecule has 1 fully saturated rings. The fourth-order valence-electron chi connectivity index (χ4n) is 3.18. The van der Waals surface area contributed by atoms with Gasteiger partial charge in [-0.05, 0) is 49.8 Å². The van der Waals surface area contributed by atoms with Crippen LogP contribution in [0.15, 0.2) is 24.3 Å². The second kappa shape index (κ2) is 5.19. The van der Waals surface area contributed by atoms with E-state index in [0.29, 0.717) is 12.1 Å². The van der Waals surface area contributed by atoms with Gasteiger partial charge in [0.05, 0.1) is 0 Å². The summed E-state index contributed by atoms with van der Waals surface area (Å²) in [6.07, 6.45) is 6.56. The Labute approximate surface area is 104 Å². The smallest absolute Gasteiger partial charge is 0.0323 e. The number of benzene rings is 1. The zero-order valence-corrected chi connectivity index (χ0v) is 10.4. The number of hydrogen-bond donors (Lipinski definition) is 2. The summed E-state index contributed by atoms with van der Waals surface area (Å²) in [7, 11) is 0. The van der Waals surface area contributed by atoms with Gasteiger partial charge in [0.15, 0.2) is 0 Å². The molecule has 0 saturated carbocycles. The molecule has 0 amide bonds. The fraction of sp³-hybridized carbons (Fsp3) is 0.600. The second-order valence-corrected chi connectivity index (χ2v) is 5.35. The SMILES string of the molecule is c1ccc2c(c1)CCCC2NCC1CCCN1. The molecule has 0 radical (unpaired) electrons. The fourth-order valence-corrected chi connectivity index (χ4v) is 3.18. The maximum Gasteiger partial charge on any atom is 0.0323 e. The van der Waals surface area contributed by atoms with E-state index in [0.717, 1.165) is 6.54 Å². The number of hydrogen-bond acceptors (Lipinski definition) is 2. The molecule has 2 atom stereocenters. The van der Waals surface area contributed by atoms with Crippen molar-refractivity contribution in [2.75, 3.05) is 13.1 Å². The average Bonchev–Trinajstić information content (AvgIpc) is 2.89. The Hall–Kier alpha value is -0.860. The van der Waals surface area contributed by atoms with Crippen molar-refractivity contribution in [2.24, 2.45) is 0 Å². The highest BCUT2D eigenvalue weighted by molar-refractivity contribution is 5.32. The van der Waals surface area contributed by atoms with E-state index < -0.39 is 0 Å². The molecule has 0 aromatic heterocycles. The molecule has 2 heteroatoms. The van der Waals surface area contributed by atoms with E-state index in [2.05, 4.69) is 34.9 Å². The summed E-state index contributed by atoms with van der Waals surface area (Å²) in [4.78, 5) is 0. The third-order valence-electron chi connectivity index (χ3n) is 4.14. The van der Waals surface area contributed by atoms with Crippen LogP contribution >= 0.6 is 0 Å². The molecule has 92 valence electrons. The first kappa shape index (κ1) is 11.2. The topological polar surface area (TPSA) is 24.1 Å². The van der Waals surface area contributed by atoms with E-state index in [9.17, 15) is 0 Å². The van der Waals surface area contributed by atoms with Crippen LogP contribution < -0.4 is 10.6 Å². The van der Waals surface area contributed by atoms with Gasteiger partial charge < -0.3 is 10.6 Å². The molecule has 0 spiro atoms. The van der Waals surface area contributed by atoms with Crippen molar-refractivity contribution >= 4 is 0 Å². The Morgan fingerprint density at radius 1 is 1.18 bits per heavy atom. The lowest BCUT2D eigenvalue weighted by atomic mass is 9.87. The van der Waals surface area contributed by atoms with Gasteiger partial charge in [-0.1, -0.05) is 24.3 Å². The molecule has 17 heavy (non-hydrogen) atoms. The zero-order valence-electron chi connectivity index (χ0n) is 10.4. The minimum absolute atomic E-state index is 0.586. The van der Waals surface area contributed by atoms with Crippen molar-refractivity contribution in [1.29, 1.82) is 0 Å². The highest BCUT2D eigenvalue weighted by Gasteiger charge is 2.21. The second-order valence-electron chi connectivity index (χ2n) is 5.35. The van der Waals surface area contributed by atoms with Gasteiger partial charge in [-0.15, -0.1) is 0 Å². The van der Waals surface area contributed by atoms with Gasteiger partial charge in [0.1, 0.15) is 0 Å². The van der Waals surface area contributed by atoms with Crippen LogP contribution in [-0.2, 0) is 6.42 Å². The number of rotatable bonds is 3. The summed E-state index contributed by atoms with van der Waals surface area (Å²) in [5.41, 5.74) is 3.09. The van der Waals surface area contributed by atoms with Crippen LogP contribution in [0.1, 0.15) is 42.9 Å². The maximum atomic E-state index is 3.76. The molecule has 0 bridgehead atoms. The first-order valence-electron chi connectivity index (χ1n) is 6.98. The van der Waals surface area contributed by atoms with Gasteiger partial charge in [0.2, 0.25) is 0 Å². The van der Waals surface area contributed by atoms with Gasteiger partial charge in [0.25, 0.3) is 0 Å². The predicted molar refractivity (Wildman–Crippen MR) is 71.1 cm³/mol. The quantitative estimate of drug-likeness (QED) is 0.833. The lowest BCUT2D eigenvalue weighted by Crippen LogP contribution is -2.36. The monoisotopic (exact) mass is 230 g/mol. The van der Waals surface area contributed by atoms with Crippen LogP contribution in [0.25, 0.3) is 0 Å². The summed E-state index contributed by atoms with van der Waals surface area (Å²) >= 11 is 0. The van der Waals surface area contributed by atoms with Crippen LogP contribution in [0.5, 0.6) is 0 Å². The van der Waals surface area contributed by atoms with Gasteiger partial charge in [-0.25, -0.2) is 0 Å². The van der Waals surface area contributed by atoms with Gasteiger partial charge in [0, 0.05) is 18.6 Å². The van der Waals surface area contributed by atoms with Crippen LogP contribution in [0.3, 0.4) is 0 Å². The van der Waals surface area contributed by atoms with Crippen molar-refractivity contribution in [3.05, 3.63) is 35.4 Å². The van der Waals surface area contributed by atoms with E-state index in [1.807, 2.05) is 0 Å². The first-order chi connectivity index (χ1) is 8.43. The molecule has 2 N–H and O–H groups in total. The molecule has 3 rings (SSSR count). The molecule has 1 aromatic carbocycles. The largest absolute Gasteiger partial charge is 0.313 e. The van der Waals surface area contributed by atoms with E-state index in [-0.39, 0.29) is 0 Å². The highest BCUT2D eigenvalue weighted by Crippen LogP contribution is 2.29. The van der Waals surface area contributed by atoms with Gasteiger partial charge in [-0.3, -0.25) is 0 Å². The molecule has 1 saturated heterocycles. The summed E-state index contributed by atoms with van der Waals surface area (Å²) in [6.45, 7) is 2.33. The lowest BCUT2D eigenvalue weighted by Gasteiger charge is -2.27.